The van der Waals surface area contributed by atoms with Gasteiger partial charge in [-0.05, 0) is 31.4 Å². The van der Waals surface area contributed by atoms with E-state index in [1.165, 1.54) is 18.3 Å². The minimum absolute atomic E-state index is 0.119. The molecule has 1 aliphatic carbocycles. The predicted octanol–water partition coefficient (Wildman–Crippen LogP) is 0.936. The first-order valence-corrected chi connectivity index (χ1v) is 6.00. The van der Waals surface area contributed by atoms with Crippen molar-refractivity contribution >= 4 is 11.9 Å². The van der Waals surface area contributed by atoms with Crippen LogP contribution in [0.3, 0.4) is 0 Å². The smallest absolute Gasteiger partial charge is 0.306 e. The fraction of sp³-hybridized carbons (Fsp3) is 0.385. The molecule has 98 valence electrons. The molecule has 1 amide bonds. The molecule has 1 saturated carbocycles. The van der Waals surface area contributed by atoms with E-state index in [0.29, 0.717) is 24.8 Å². The second kappa shape index (κ2) is 5.48. The molecule has 6 nitrogen and oxygen atoms in total. The van der Waals surface area contributed by atoms with E-state index in [4.69, 9.17) is 10.4 Å². The number of rotatable bonds is 3. The average Bonchev–Trinajstić information content (AvgIpc) is 2.87. The van der Waals surface area contributed by atoms with E-state index in [-0.39, 0.29) is 23.6 Å². The molecule has 1 aliphatic rings. The van der Waals surface area contributed by atoms with Crippen molar-refractivity contribution in [2.45, 2.75) is 25.3 Å². The van der Waals surface area contributed by atoms with Gasteiger partial charge in [-0.25, -0.2) is 4.98 Å². The Bertz CT molecular complexity index is 533. The maximum absolute atomic E-state index is 11.9. The van der Waals surface area contributed by atoms with Crippen molar-refractivity contribution in [1.82, 2.24) is 10.3 Å². The van der Waals surface area contributed by atoms with Crippen LogP contribution in [0.2, 0.25) is 0 Å². The monoisotopic (exact) mass is 259 g/mol. The number of nitriles is 1. The summed E-state index contributed by atoms with van der Waals surface area (Å²) in [6.07, 6.45) is 3.04. The summed E-state index contributed by atoms with van der Waals surface area (Å²) in [7, 11) is 0. The molecular weight excluding hydrogens is 246 g/mol. The van der Waals surface area contributed by atoms with Crippen LogP contribution in [0.5, 0.6) is 0 Å². The number of hydrogen-bond donors (Lipinski definition) is 2. The van der Waals surface area contributed by atoms with Crippen LogP contribution in [-0.2, 0) is 4.79 Å². The first-order chi connectivity index (χ1) is 9.10. The van der Waals surface area contributed by atoms with Crippen LogP contribution in [0.4, 0.5) is 0 Å². The Balaban J connectivity index is 1.94. The minimum atomic E-state index is -0.812. The van der Waals surface area contributed by atoms with Gasteiger partial charge >= 0.3 is 5.97 Å². The number of carbonyl (C=O) groups is 2. The van der Waals surface area contributed by atoms with Crippen LogP contribution in [0, 0.1) is 17.2 Å². The first-order valence-electron chi connectivity index (χ1n) is 6.00. The predicted molar refractivity (Wildman–Crippen MR) is 65.2 cm³/mol. The molecule has 19 heavy (non-hydrogen) atoms. The van der Waals surface area contributed by atoms with Crippen LogP contribution >= 0.6 is 0 Å². The maximum atomic E-state index is 11.9. The summed E-state index contributed by atoms with van der Waals surface area (Å²) in [5.74, 6) is -1.52. The molecule has 1 fully saturated rings. The summed E-state index contributed by atoms with van der Waals surface area (Å²) in [4.78, 5) is 26.6. The first kappa shape index (κ1) is 13.0. The Morgan fingerprint density at radius 3 is 2.74 bits per heavy atom. The lowest BCUT2D eigenvalue weighted by molar-refractivity contribution is -0.141. The quantitative estimate of drug-likeness (QED) is 0.840. The molecule has 0 bridgehead atoms. The normalized spacial score (nSPS) is 21.6. The highest BCUT2D eigenvalue weighted by atomic mass is 16.4. The maximum Gasteiger partial charge on any atom is 0.306 e. The molecule has 2 rings (SSSR count). The number of carboxylic acids is 1. The van der Waals surface area contributed by atoms with Gasteiger partial charge < -0.3 is 10.4 Å². The molecule has 0 unspecified atom stereocenters. The van der Waals surface area contributed by atoms with E-state index in [1.807, 2.05) is 6.07 Å². The van der Waals surface area contributed by atoms with Crippen molar-refractivity contribution in [3.05, 3.63) is 29.6 Å². The van der Waals surface area contributed by atoms with Crippen LogP contribution in [0.1, 0.15) is 35.3 Å². The zero-order chi connectivity index (χ0) is 13.8. The molecule has 6 heteroatoms. The van der Waals surface area contributed by atoms with Crippen LogP contribution in [0.25, 0.3) is 0 Å². The fourth-order valence-corrected chi connectivity index (χ4v) is 2.19. The van der Waals surface area contributed by atoms with E-state index >= 15 is 0 Å². The highest BCUT2D eigenvalue weighted by Gasteiger charge is 2.30. The molecule has 2 N–H and O–H groups in total. The van der Waals surface area contributed by atoms with Crippen molar-refractivity contribution < 1.29 is 14.7 Å². The molecule has 2 atom stereocenters. The Morgan fingerprint density at radius 1 is 1.42 bits per heavy atom. The molecule has 1 aromatic heterocycles. The third kappa shape index (κ3) is 3.07. The summed E-state index contributed by atoms with van der Waals surface area (Å²) >= 11 is 0. The minimum Gasteiger partial charge on any atom is -0.481 e. The van der Waals surface area contributed by atoms with Crippen molar-refractivity contribution in [3.63, 3.8) is 0 Å². The zero-order valence-electron chi connectivity index (χ0n) is 10.2. The number of carboxylic acid groups (broad SMARTS) is 1. The number of nitrogens with zero attached hydrogens (tertiary/aromatic N) is 2. The number of nitrogens with one attached hydrogen (secondary N) is 1. The van der Waals surface area contributed by atoms with Gasteiger partial charge in [0.05, 0.1) is 11.5 Å². The number of aliphatic carboxylic acids is 1. The third-order valence-electron chi connectivity index (χ3n) is 3.24. The molecule has 0 radical (unpaired) electrons. The van der Waals surface area contributed by atoms with Gasteiger partial charge in [0.2, 0.25) is 0 Å². The lowest BCUT2D eigenvalue weighted by Gasteiger charge is -2.11. The van der Waals surface area contributed by atoms with E-state index in [9.17, 15) is 9.59 Å². The Morgan fingerprint density at radius 2 is 2.21 bits per heavy atom. The summed E-state index contributed by atoms with van der Waals surface area (Å²) in [5.41, 5.74) is 0.626. The van der Waals surface area contributed by atoms with Gasteiger partial charge in [-0.1, -0.05) is 0 Å². The second-order valence-electron chi connectivity index (χ2n) is 4.56. The standard InChI is InChI=1S/C13H13N3O3/c14-6-8-1-4-11(15-7-8)12(17)16-10-3-2-9(5-10)13(18)19/h1,4,7,9-10H,2-3,5H2,(H,16,17)(H,18,19)/t9-,10+/m1/s1. The van der Waals surface area contributed by atoms with E-state index in [2.05, 4.69) is 10.3 Å². The second-order valence-corrected chi connectivity index (χ2v) is 4.56. The van der Waals surface area contributed by atoms with Crippen LogP contribution in [0.15, 0.2) is 18.3 Å². The van der Waals surface area contributed by atoms with Gasteiger partial charge in [-0.15, -0.1) is 0 Å². The number of hydrogen-bond acceptors (Lipinski definition) is 4. The van der Waals surface area contributed by atoms with Gasteiger partial charge in [0, 0.05) is 12.2 Å². The topological polar surface area (TPSA) is 103 Å². The Kier molecular flexibility index (Phi) is 3.76. The molecule has 0 aliphatic heterocycles. The van der Waals surface area contributed by atoms with Gasteiger partial charge in [-0.2, -0.15) is 5.26 Å². The van der Waals surface area contributed by atoms with Crippen molar-refractivity contribution in [2.75, 3.05) is 0 Å². The van der Waals surface area contributed by atoms with Crippen LogP contribution < -0.4 is 5.32 Å². The van der Waals surface area contributed by atoms with E-state index in [1.54, 1.807) is 0 Å². The van der Waals surface area contributed by atoms with Gasteiger partial charge in [-0.3, -0.25) is 9.59 Å². The fourth-order valence-electron chi connectivity index (χ4n) is 2.19. The average molecular weight is 259 g/mol. The molecule has 1 aromatic rings. The van der Waals surface area contributed by atoms with Crippen molar-refractivity contribution in [1.29, 1.82) is 5.26 Å². The highest BCUT2D eigenvalue weighted by Crippen LogP contribution is 2.25. The molecular formula is C13H13N3O3. The third-order valence-corrected chi connectivity index (χ3v) is 3.24. The lowest BCUT2D eigenvalue weighted by Crippen LogP contribution is -2.33. The summed E-state index contributed by atoms with van der Waals surface area (Å²) in [6, 6.07) is 4.81. The Labute approximate surface area is 110 Å². The van der Waals surface area contributed by atoms with Crippen molar-refractivity contribution in [3.8, 4) is 6.07 Å². The largest absolute Gasteiger partial charge is 0.481 e. The summed E-state index contributed by atoms with van der Waals surface area (Å²) in [6.45, 7) is 0. The number of pyridine rings is 1. The molecule has 0 spiro atoms. The van der Waals surface area contributed by atoms with Gasteiger partial charge in [0.1, 0.15) is 11.8 Å². The molecule has 0 saturated heterocycles. The summed E-state index contributed by atoms with van der Waals surface area (Å²) < 4.78 is 0. The van der Waals surface area contributed by atoms with Gasteiger partial charge in [0.25, 0.3) is 5.91 Å². The van der Waals surface area contributed by atoms with Crippen molar-refractivity contribution in [2.24, 2.45) is 5.92 Å². The SMILES string of the molecule is N#Cc1ccc(C(=O)N[C@H]2CC[C@@H](C(=O)O)C2)nc1. The van der Waals surface area contributed by atoms with E-state index < -0.39 is 5.97 Å². The lowest BCUT2D eigenvalue weighted by atomic mass is 10.1. The Hall–Kier alpha value is -2.42. The van der Waals surface area contributed by atoms with E-state index in [0.717, 1.165) is 0 Å². The number of amides is 1. The molecule has 0 aromatic carbocycles. The number of aromatic nitrogens is 1. The summed E-state index contributed by atoms with van der Waals surface area (Å²) in [5, 5.41) is 20.3. The highest BCUT2D eigenvalue weighted by molar-refractivity contribution is 5.92. The van der Waals surface area contributed by atoms with Gasteiger partial charge in [0.15, 0.2) is 0 Å². The molecule has 1 heterocycles. The van der Waals surface area contributed by atoms with Crippen LogP contribution in [-0.4, -0.2) is 28.0 Å². The number of carbonyl (C=O) groups excluding carboxylic acids is 1. The zero-order valence-corrected chi connectivity index (χ0v) is 10.2.